The van der Waals surface area contributed by atoms with Gasteiger partial charge in [-0.1, -0.05) is 18.2 Å². The van der Waals surface area contributed by atoms with Crippen molar-refractivity contribution in [3.05, 3.63) is 52.4 Å². The number of allylic oxidation sites excluding steroid dienone is 2. The second-order valence-corrected chi connectivity index (χ2v) is 5.51. The van der Waals surface area contributed by atoms with Crippen molar-refractivity contribution in [2.75, 3.05) is 12.4 Å². The predicted molar refractivity (Wildman–Crippen MR) is 85.2 cm³/mol. The number of hydrogen-bond acceptors (Lipinski definition) is 4. The number of H-pyrrole nitrogens is 1. The average molecular weight is 297 g/mol. The first-order valence-electron chi connectivity index (χ1n) is 7.21. The summed E-state index contributed by atoms with van der Waals surface area (Å²) < 4.78 is 5.51. The summed E-state index contributed by atoms with van der Waals surface area (Å²) in [6, 6.07) is 7.80. The molecule has 0 bridgehead atoms. The molecule has 3 rings (SSSR count). The van der Waals surface area contributed by atoms with E-state index in [0.717, 1.165) is 39.7 Å². The number of aromatic nitrogens is 2. The summed E-state index contributed by atoms with van der Waals surface area (Å²) in [5, 5.41) is 10.5. The van der Waals surface area contributed by atoms with E-state index in [-0.39, 0.29) is 11.7 Å². The first-order chi connectivity index (χ1) is 10.5. The Morgan fingerprint density at radius 2 is 2.00 bits per heavy atom. The van der Waals surface area contributed by atoms with Crippen molar-refractivity contribution in [3.8, 4) is 5.75 Å². The number of fused-ring (bicyclic) bond motifs is 1. The number of aromatic amines is 1. The molecule has 1 aliphatic rings. The Morgan fingerprint density at radius 1 is 1.27 bits per heavy atom. The average Bonchev–Trinajstić information content (AvgIpc) is 2.86. The van der Waals surface area contributed by atoms with E-state index in [9.17, 15) is 4.79 Å². The van der Waals surface area contributed by atoms with Gasteiger partial charge in [-0.2, -0.15) is 5.10 Å². The number of benzene rings is 1. The summed E-state index contributed by atoms with van der Waals surface area (Å²) in [5.74, 6) is 1.42. The van der Waals surface area contributed by atoms with E-state index in [0.29, 0.717) is 0 Å². The van der Waals surface area contributed by atoms with Crippen LogP contribution in [0.5, 0.6) is 5.75 Å². The number of rotatable bonds is 3. The zero-order valence-corrected chi connectivity index (χ0v) is 13.2. The Bertz CT molecular complexity index is 774. The molecule has 1 aliphatic heterocycles. The SMILES string of the molecule is COc1ccccc1C1C(C(C)=O)=C(C)Nc2n[nH]c(C)c21. The molecule has 0 saturated heterocycles. The van der Waals surface area contributed by atoms with Gasteiger partial charge in [0.05, 0.1) is 7.11 Å². The molecule has 2 aromatic rings. The minimum Gasteiger partial charge on any atom is -0.496 e. The molecule has 22 heavy (non-hydrogen) atoms. The van der Waals surface area contributed by atoms with Crippen LogP contribution in [0.2, 0.25) is 0 Å². The van der Waals surface area contributed by atoms with Crippen LogP contribution in [-0.2, 0) is 4.79 Å². The number of Topliss-reactive ketones (excluding diaryl/α,β-unsaturated/α-hetero) is 1. The molecule has 2 heterocycles. The Morgan fingerprint density at radius 3 is 2.68 bits per heavy atom. The molecule has 0 aliphatic carbocycles. The van der Waals surface area contributed by atoms with E-state index in [1.54, 1.807) is 14.0 Å². The van der Waals surface area contributed by atoms with Crippen LogP contribution in [0, 0.1) is 6.92 Å². The van der Waals surface area contributed by atoms with Crippen LogP contribution >= 0.6 is 0 Å². The Labute approximate surface area is 129 Å². The van der Waals surface area contributed by atoms with Crippen molar-refractivity contribution in [3.63, 3.8) is 0 Å². The van der Waals surface area contributed by atoms with E-state index in [1.807, 2.05) is 38.1 Å². The van der Waals surface area contributed by atoms with E-state index in [2.05, 4.69) is 15.5 Å². The molecule has 5 nitrogen and oxygen atoms in total. The molecule has 0 saturated carbocycles. The topological polar surface area (TPSA) is 67.0 Å². The maximum atomic E-state index is 12.3. The summed E-state index contributed by atoms with van der Waals surface area (Å²) >= 11 is 0. The second kappa shape index (κ2) is 5.33. The van der Waals surface area contributed by atoms with Gasteiger partial charge in [-0.15, -0.1) is 0 Å². The summed E-state index contributed by atoms with van der Waals surface area (Å²) in [7, 11) is 1.65. The number of nitrogens with zero attached hydrogens (tertiary/aromatic N) is 1. The van der Waals surface area contributed by atoms with E-state index >= 15 is 0 Å². The minimum atomic E-state index is -0.177. The fraction of sp³-hybridized carbons (Fsp3) is 0.294. The van der Waals surface area contributed by atoms with Crippen molar-refractivity contribution in [2.24, 2.45) is 0 Å². The third kappa shape index (κ3) is 2.09. The van der Waals surface area contributed by atoms with Gasteiger partial charge >= 0.3 is 0 Å². The highest BCUT2D eigenvalue weighted by Gasteiger charge is 2.35. The number of methoxy groups -OCH3 is 1. The Balaban J connectivity index is 2.29. The number of ketones is 1. The number of aryl methyl sites for hydroxylation is 1. The lowest BCUT2D eigenvalue weighted by atomic mass is 9.79. The summed E-state index contributed by atoms with van der Waals surface area (Å²) in [4.78, 5) is 12.3. The van der Waals surface area contributed by atoms with Crippen LogP contribution in [0.25, 0.3) is 0 Å². The monoisotopic (exact) mass is 297 g/mol. The van der Waals surface area contributed by atoms with Crippen LogP contribution < -0.4 is 10.1 Å². The molecular weight excluding hydrogens is 278 g/mol. The Kier molecular flexibility index (Phi) is 3.48. The Hall–Kier alpha value is -2.56. The van der Waals surface area contributed by atoms with E-state index in [1.165, 1.54) is 0 Å². The lowest BCUT2D eigenvalue weighted by Crippen LogP contribution is -2.22. The number of carbonyl (C=O) groups excluding carboxylic acids is 1. The number of hydrogen-bond donors (Lipinski definition) is 2. The normalized spacial score (nSPS) is 17.0. The number of para-hydroxylation sites is 1. The fourth-order valence-corrected chi connectivity index (χ4v) is 3.18. The van der Waals surface area contributed by atoms with Crippen LogP contribution in [0.4, 0.5) is 5.82 Å². The van der Waals surface area contributed by atoms with Crippen LogP contribution in [-0.4, -0.2) is 23.1 Å². The third-order valence-electron chi connectivity index (χ3n) is 4.11. The second-order valence-electron chi connectivity index (χ2n) is 5.51. The largest absolute Gasteiger partial charge is 0.496 e. The zero-order chi connectivity index (χ0) is 15.9. The quantitative estimate of drug-likeness (QED) is 0.913. The van der Waals surface area contributed by atoms with E-state index in [4.69, 9.17) is 4.74 Å². The van der Waals surface area contributed by atoms with Gasteiger partial charge in [-0.25, -0.2) is 0 Å². The number of carbonyl (C=O) groups is 1. The van der Waals surface area contributed by atoms with Gasteiger partial charge in [0.2, 0.25) is 0 Å². The molecule has 1 aromatic carbocycles. The zero-order valence-electron chi connectivity index (χ0n) is 13.2. The molecule has 0 amide bonds. The lowest BCUT2D eigenvalue weighted by Gasteiger charge is -2.28. The number of anilines is 1. The third-order valence-corrected chi connectivity index (χ3v) is 4.11. The first-order valence-corrected chi connectivity index (χ1v) is 7.21. The van der Waals surface area contributed by atoms with Crippen molar-refractivity contribution in [1.29, 1.82) is 0 Å². The van der Waals surface area contributed by atoms with Gasteiger partial charge in [0.15, 0.2) is 11.6 Å². The molecule has 0 radical (unpaired) electrons. The van der Waals surface area contributed by atoms with Crippen LogP contribution in [0.15, 0.2) is 35.5 Å². The van der Waals surface area contributed by atoms with Crippen molar-refractivity contribution in [2.45, 2.75) is 26.7 Å². The van der Waals surface area contributed by atoms with Crippen LogP contribution in [0.1, 0.15) is 36.6 Å². The maximum absolute atomic E-state index is 12.3. The highest BCUT2D eigenvalue weighted by molar-refractivity contribution is 5.98. The molecule has 114 valence electrons. The molecule has 0 fully saturated rings. The van der Waals surface area contributed by atoms with Crippen molar-refractivity contribution < 1.29 is 9.53 Å². The highest BCUT2D eigenvalue weighted by atomic mass is 16.5. The van der Waals surface area contributed by atoms with Gasteiger partial charge in [0, 0.05) is 34.0 Å². The molecular formula is C17H19N3O2. The number of nitrogens with one attached hydrogen (secondary N) is 2. The molecule has 2 N–H and O–H groups in total. The maximum Gasteiger partial charge on any atom is 0.158 e. The van der Waals surface area contributed by atoms with Gasteiger partial charge in [0.25, 0.3) is 0 Å². The highest BCUT2D eigenvalue weighted by Crippen LogP contribution is 2.45. The van der Waals surface area contributed by atoms with Gasteiger partial charge < -0.3 is 10.1 Å². The van der Waals surface area contributed by atoms with Crippen molar-refractivity contribution >= 4 is 11.6 Å². The van der Waals surface area contributed by atoms with Gasteiger partial charge in [0.1, 0.15) is 5.75 Å². The van der Waals surface area contributed by atoms with Crippen molar-refractivity contribution in [1.82, 2.24) is 10.2 Å². The molecule has 0 spiro atoms. The summed E-state index contributed by atoms with van der Waals surface area (Å²) in [6.45, 7) is 5.48. The van der Waals surface area contributed by atoms with Crippen LogP contribution in [0.3, 0.4) is 0 Å². The van der Waals surface area contributed by atoms with Gasteiger partial charge in [-0.3, -0.25) is 9.89 Å². The summed E-state index contributed by atoms with van der Waals surface area (Å²) in [6.07, 6.45) is 0. The molecule has 1 aromatic heterocycles. The minimum absolute atomic E-state index is 0.0483. The smallest absolute Gasteiger partial charge is 0.158 e. The first kappa shape index (κ1) is 14.4. The molecule has 1 atom stereocenters. The fourth-order valence-electron chi connectivity index (χ4n) is 3.18. The van der Waals surface area contributed by atoms with E-state index < -0.39 is 0 Å². The predicted octanol–water partition coefficient (Wildman–Crippen LogP) is 3.15. The lowest BCUT2D eigenvalue weighted by molar-refractivity contribution is -0.113. The van der Waals surface area contributed by atoms with Gasteiger partial charge in [-0.05, 0) is 26.8 Å². The molecule has 1 unspecified atom stereocenters. The summed E-state index contributed by atoms with van der Waals surface area (Å²) in [5.41, 5.74) is 4.51. The standard InChI is InChI=1S/C17H19N3O2/c1-9-14(11(3)21)16(12-7-5-6-8-13(12)22-4)15-10(2)19-20-17(15)18-9/h5-8,16H,1-4H3,(H2,18,19,20). The molecule has 5 heteroatoms. The number of ether oxygens (including phenoxy) is 1.